The molecule has 1 aliphatic heterocycles. The van der Waals surface area contributed by atoms with Gasteiger partial charge < -0.3 is 10.8 Å². The Kier molecular flexibility index (Phi) is 5.39. The lowest BCUT2D eigenvalue weighted by molar-refractivity contribution is -0.123. The highest BCUT2D eigenvalue weighted by Gasteiger charge is 2.33. The maximum atomic E-state index is 11.5. The van der Waals surface area contributed by atoms with Gasteiger partial charge in [-0.3, -0.25) is 9.69 Å². The zero-order valence-electron chi connectivity index (χ0n) is 15.5. The third-order valence-electron chi connectivity index (χ3n) is 5.29. The fourth-order valence-electron chi connectivity index (χ4n) is 3.73. The predicted molar refractivity (Wildman–Crippen MR) is 111 cm³/mol. The van der Waals surface area contributed by atoms with Crippen LogP contribution in [0.15, 0.2) is 28.7 Å². The third kappa shape index (κ3) is 3.54. The van der Waals surface area contributed by atoms with Crippen molar-refractivity contribution in [1.29, 1.82) is 0 Å². The first kappa shape index (κ1) is 19.4. The Bertz CT molecular complexity index is 992. The fourth-order valence-corrected chi connectivity index (χ4v) is 5.13. The maximum absolute atomic E-state index is 11.5. The van der Waals surface area contributed by atoms with E-state index in [1.165, 1.54) is 15.9 Å². The highest BCUT2D eigenvalue weighted by atomic mass is 79.9. The molecule has 1 atom stereocenters. The Morgan fingerprint density at radius 3 is 2.61 bits per heavy atom. The van der Waals surface area contributed by atoms with E-state index < -0.39 is 0 Å². The molecule has 0 radical (unpaired) electrons. The van der Waals surface area contributed by atoms with Crippen LogP contribution in [0.5, 0.6) is 5.88 Å². The number of hydrogen-bond donors (Lipinski definition) is 2. The Labute approximate surface area is 175 Å². The minimum Gasteiger partial charge on any atom is -0.492 e. The van der Waals surface area contributed by atoms with Crippen molar-refractivity contribution >= 4 is 38.1 Å². The van der Waals surface area contributed by atoms with Crippen molar-refractivity contribution in [3.8, 4) is 5.88 Å². The molecule has 0 saturated carbocycles. The minimum absolute atomic E-state index is 0.0788. The van der Waals surface area contributed by atoms with E-state index >= 15 is 0 Å². The van der Waals surface area contributed by atoms with Gasteiger partial charge in [-0.2, -0.15) is 4.52 Å². The number of hydrogen-bond acceptors (Lipinski definition) is 6. The van der Waals surface area contributed by atoms with E-state index in [1.807, 2.05) is 19.1 Å². The summed E-state index contributed by atoms with van der Waals surface area (Å²) in [5, 5.41) is 15.3. The number of halogens is 1. The van der Waals surface area contributed by atoms with Crippen LogP contribution < -0.4 is 5.73 Å². The minimum atomic E-state index is -0.228. The van der Waals surface area contributed by atoms with Crippen LogP contribution in [-0.2, 0) is 11.2 Å². The number of nitrogens with two attached hydrogens (primary N) is 1. The lowest BCUT2D eigenvalue weighted by atomic mass is 9.93. The summed E-state index contributed by atoms with van der Waals surface area (Å²) in [5.41, 5.74) is 6.58. The smallest absolute Gasteiger partial charge is 0.230 e. The highest BCUT2D eigenvalue weighted by Crippen LogP contribution is 2.41. The number of amides is 1. The van der Waals surface area contributed by atoms with Crippen LogP contribution in [0.3, 0.4) is 0 Å². The number of benzene rings is 1. The molecule has 0 aliphatic carbocycles. The third-order valence-corrected chi connectivity index (χ3v) is 6.89. The lowest BCUT2D eigenvalue weighted by Gasteiger charge is -2.36. The van der Waals surface area contributed by atoms with Gasteiger partial charge in [0.25, 0.3) is 0 Å². The van der Waals surface area contributed by atoms with E-state index in [0.29, 0.717) is 4.96 Å². The highest BCUT2D eigenvalue weighted by molar-refractivity contribution is 9.10. The molecule has 0 bridgehead atoms. The first-order valence-electron chi connectivity index (χ1n) is 9.34. The molecule has 9 heteroatoms. The summed E-state index contributed by atoms with van der Waals surface area (Å²) in [6.45, 7) is 3.47. The summed E-state index contributed by atoms with van der Waals surface area (Å²) in [6.07, 6.45) is 2.17. The second-order valence-corrected chi connectivity index (χ2v) is 8.96. The van der Waals surface area contributed by atoms with Crippen molar-refractivity contribution in [3.05, 3.63) is 45.0 Å². The molecule has 1 amide bonds. The largest absolute Gasteiger partial charge is 0.492 e. The summed E-state index contributed by atoms with van der Waals surface area (Å²) >= 11 is 4.95. The fraction of sp³-hybridized carbons (Fsp3) is 0.421. The van der Waals surface area contributed by atoms with Gasteiger partial charge in [0.1, 0.15) is 0 Å². The SMILES string of the molecule is CCc1nc2sc(C(c3ccc(Br)cc3)N3CCC(C(N)=O)CC3)c(O)n2n1. The van der Waals surface area contributed by atoms with Crippen molar-refractivity contribution in [2.45, 2.75) is 32.2 Å². The second kappa shape index (κ2) is 7.81. The van der Waals surface area contributed by atoms with Crippen LogP contribution in [0.2, 0.25) is 0 Å². The van der Waals surface area contributed by atoms with E-state index in [1.54, 1.807) is 0 Å². The molecule has 1 saturated heterocycles. The number of aromatic nitrogens is 3. The van der Waals surface area contributed by atoms with Gasteiger partial charge in [0.2, 0.25) is 16.7 Å². The maximum Gasteiger partial charge on any atom is 0.230 e. The number of nitrogens with zero attached hydrogens (tertiary/aromatic N) is 4. The predicted octanol–water partition coefficient (Wildman–Crippen LogP) is 3.11. The number of primary amides is 1. The van der Waals surface area contributed by atoms with Crippen LogP contribution in [0.4, 0.5) is 0 Å². The van der Waals surface area contributed by atoms with Crippen LogP contribution in [0, 0.1) is 5.92 Å². The molecule has 3 aromatic rings. The molecule has 148 valence electrons. The molecule has 3 N–H and O–H groups in total. The Hall–Kier alpha value is -1.97. The molecule has 1 fully saturated rings. The average molecular weight is 464 g/mol. The van der Waals surface area contributed by atoms with Crippen LogP contribution in [0.25, 0.3) is 4.96 Å². The van der Waals surface area contributed by atoms with E-state index in [2.05, 4.69) is 43.0 Å². The Morgan fingerprint density at radius 2 is 2.04 bits per heavy atom. The molecule has 4 rings (SSSR count). The van der Waals surface area contributed by atoms with Crippen molar-refractivity contribution < 1.29 is 9.90 Å². The van der Waals surface area contributed by atoms with Gasteiger partial charge in [-0.1, -0.05) is 46.3 Å². The molecular weight excluding hydrogens is 442 g/mol. The first-order chi connectivity index (χ1) is 13.5. The molecule has 7 nitrogen and oxygen atoms in total. The van der Waals surface area contributed by atoms with Crippen LogP contribution in [0.1, 0.15) is 42.1 Å². The van der Waals surface area contributed by atoms with Gasteiger partial charge in [0.15, 0.2) is 5.82 Å². The van der Waals surface area contributed by atoms with E-state index in [0.717, 1.165) is 53.1 Å². The summed E-state index contributed by atoms with van der Waals surface area (Å²) in [6, 6.07) is 7.99. The Balaban J connectivity index is 1.73. The van der Waals surface area contributed by atoms with Gasteiger partial charge in [0.05, 0.1) is 10.9 Å². The standard InChI is InChI=1S/C19H22BrN5O2S/c1-2-14-22-19-25(23-14)18(27)16(28-19)15(11-3-5-13(20)6-4-11)24-9-7-12(8-10-24)17(21)26/h3-6,12,15,27H,2,7-10H2,1H3,(H2,21,26). The molecule has 0 spiro atoms. The quantitative estimate of drug-likeness (QED) is 0.605. The first-order valence-corrected chi connectivity index (χ1v) is 10.9. The number of carbonyl (C=O) groups excluding carboxylic acids is 1. The number of fused-ring (bicyclic) bond motifs is 1. The molecule has 1 unspecified atom stereocenters. The van der Waals surface area contributed by atoms with E-state index in [9.17, 15) is 9.90 Å². The Morgan fingerprint density at radius 1 is 1.36 bits per heavy atom. The summed E-state index contributed by atoms with van der Waals surface area (Å²) in [7, 11) is 0. The molecule has 3 heterocycles. The number of aromatic hydroxyl groups is 1. The summed E-state index contributed by atoms with van der Waals surface area (Å²) < 4.78 is 2.53. The monoisotopic (exact) mass is 463 g/mol. The number of rotatable bonds is 5. The number of aryl methyl sites for hydroxylation is 1. The van der Waals surface area contributed by atoms with Crippen LogP contribution in [-0.4, -0.2) is 43.6 Å². The number of piperidine rings is 1. The zero-order chi connectivity index (χ0) is 19.8. The van der Waals surface area contributed by atoms with Crippen molar-refractivity contribution in [2.75, 3.05) is 13.1 Å². The molecule has 2 aromatic heterocycles. The topological polar surface area (TPSA) is 96.8 Å². The average Bonchev–Trinajstić information content (AvgIpc) is 3.23. The summed E-state index contributed by atoms with van der Waals surface area (Å²) in [5.74, 6) is 0.547. The van der Waals surface area contributed by atoms with Gasteiger partial charge >= 0.3 is 0 Å². The molecular formula is C19H22BrN5O2S. The number of thiazole rings is 1. The van der Waals surface area contributed by atoms with E-state index in [-0.39, 0.29) is 23.7 Å². The molecule has 1 aliphatic rings. The van der Waals surface area contributed by atoms with E-state index in [4.69, 9.17) is 5.73 Å². The lowest BCUT2D eigenvalue weighted by Crippen LogP contribution is -2.40. The van der Waals surface area contributed by atoms with Crippen molar-refractivity contribution in [1.82, 2.24) is 19.5 Å². The summed E-state index contributed by atoms with van der Waals surface area (Å²) in [4.78, 5) is 19.9. The number of carbonyl (C=O) groups is 1. The van der Waals surface area contributed by atoms with Crippen molar-refractivity contribution in [3.63, 3.8) is 0 Å². The molecule has 28 heavy (non-hydrogen) atoms. The normalized spacial score (nSPS) is 17.2. The van der Waals surface area contributed by atoms with Gasteiger partial charge in [-0.05, 0) is 43.6 Å². The van der Waals surface area contributed by atoms with Gasteiger partial charge in [-0.15, -0.1) is 5.10 Å². The van der Waals surface area contributed by atoms with Gasteiger partial charge in [0, 0.05) is 16.8 Å². The van der Waals surface area contributed by atoms with Crippen LogP contribution >= 0.6 is 27.3 Å². The number of likely N-dealkylation sites (tertiary alicyclic amines) is 1. The molecule has 1 aromatic carbocycles. The zero-order valence-corrected chi connectivity index (χ0v) is 17.9. The van der Waals surface area contributed by atoms with Gasteiger partial charge in [-0.25, -0.2) is 4.98 Å². The second-order valence-electron chi connectivity index (χ2n) is 7.03. The van der Waals surface area contributed by atoms with Crippen molar-refractivity contribution in [2.24, 2.45) is 11.7 Å².